The number of carbonyl (C=O) groups is 1. The molecule has 2 aliphatic heterocycles. The molecule has 1 saturated heterocycles. The lowest BCUT2D eigenvalue weighted by atomic mass is 9.98. The smallest absolute Gasteiger partial charge is 0.243 e. The molecule has 2 aliphatic rings. The van der Waals surface area contributed by atoms with Gasteiger partial charge in [0.15, 0.2) is 0 Å². The zero-order valence-corrected chi connectivity index (χ0v) is 16.5. The summed E-state index contributed by atoms with van der Waals surface area (Å²) in [5.74, 6) is -0.0893. The number of sulfonamides is 1. The Kier molecular flexibility index (Phi) is 4.56. The zero-order chi connectivity index (χ0) is 19.2. The average Bonchev–Trinajstić information content (AvgIpc) is 3.23. The molecule has 0 aromatic heterocycles. The van der Waals surface area contributed by atoms with Crippen molar-refractivity contribution in [3.63, 3.8) is 0 Å². The van der Waals surface area contributed by atoms with Crippen molar-refractivity contribution in [2.45, 2.75) is 50.5 Å². The van der Waals surface area contributed by atoms with Crippen LogP contribution in [0.5, 0.6) is 0 Å². The number of hydrogen-bond acceptors (Lipinski definition) is 3. The Morgan fingerprint density at radius 2 is 1.96 bits per heavy atom. The number of aryl methyl sites for hydroxylation is 2. The van der Waals surface area contributed by atoms with Gasteiger partial charge in [-0.15, -0.1) is 0 Å². The quantitative estimate of drug-likeness (QED) is 0.880. The summed E-state index contributed by atoms with van der Waals surface area (Å²) < 4.78 is 28.2. The van der Waals surface area contributed by atoms with Crippen LogP contribution >= 0.6 is 0 Å². The van der Waals surface area contributed by atoms with Gasteiger partial charge in [-0.3, -0.25) is 4.79 Å². The van der Waals surface area contributed by atoms with E-state index < -0.39 is 10.0 Å². The fraction of sp³-hybridized carbons (Fsp3) is 0.381. The van der Waals surface area contributed by atoms with Gasteiger partial charge in [0.1, 0.15) is 0 Å². The van der Waals surface area contributed by atoms with Crippen LogP contribution in [0.1, 0.15) is 35.1 Å². The van der Waals surface area contributed by atoms with Gasteiger partial charge < -0.3 is 5.32 Å². The van der Waals surface area contributed by atoms with Crippen molar-refractivity contribution >= 4 is 21.6 Å². The third-order valence-electron chi connectivity index (χ3n) is 5.59. The van der Waals surface area contributed by atoms with E-state index in [2.05, 4.69) is 37.4 Å². The van der Waals surface area contributed by atoms with Gasteiger partial charge in [-0.05, 0) is 68.0 Å². The van der Waals surface area contributed by atoms with Crippen LogP contribution in [0.25, 0.3) is 0 Å². The molecule has 1 atom stereocenters. The molecule has 1 amide bonds. The normalized spacial score (nSPS) is 19.9. The molecule has 0 aliphatic carbocycles. The molecule has 142 valence electrons. The maximum atomic E-state index is 13.3. The summed E-state index contributed by atoms with van der Waals surface area (Å²) in [5, 5.41) is 2.75. The first-order valence-electron chi connectivity index (χ1n) is 9.35. The summed E-state index contributed by atoms with van der Waals surface area (Å²) in [6, 6.07) is 11.3. The Balaban J connectivity index is 1.62. The second-order valence-corrected chi connectivity index (χ2v) is 9.48. The van der Waals surface area contributed by atoms with Crippen molar-refractivity contribution in [1.82, 2.24) is 4.31 Å². The number of benzene rings is 2. The van der Waals surface area contributed by atoms with Crippen LogP contribution in [0.3, 0.4) is 0 Å². The molecule has 1 unspecified atom stereocenters. The average molecular weight is 385 g/mol. The highest BCUT2D eigenvalue weighted by Crippen LogP contribution is 2.32. The van der Waals surface area contributed by atoms with Gasteiger partial charge in [0, 0.05) is 18.3 Å². The first-order chi connectivity index (χ1) is 12.8. The van der Waals surface area contributed by atoms with Crippen LogP contribution in [-0.2, 0) is 27.7 Å². The van der Waals surface area contributed by atoms with Crippen LogP contribution in [0.15, 0.2) is 41.3 Å². The summed E-state index contributed by atoms with van der Waals surface area (Å²) in [6.45, 7) is 4.69. The first-order valence-corrected chi connectivity index (χ1v) is 10.8. The summed E-state index contributed by atoms with van der Waals surface area (Å²) >= 11 is 0. The van der Waals surface area contributed by atoms with E-state index in [1.54, 1.807) is 22.5 Å². The fourth-order valence-electron chi connectivity index (χ4n) is 4.11. The van der Waals surface area contributed by atoms with Gasteiger partial charge in [0.2, 0.25) is 15.9 Å². The molecule has 1 N–H and O–H groups in total. The number of anilines is 1. The summed E-state index contributed by atoms with van der Waals surface area (Å²) in [4.78, 5) is 11.8. The Morgan fingerprint density at radius 1 is 1.15 bits per heavy atom. The molecule has 0 saturated carbocycles. The number of carbonyl (C=O) groups excluding carboxylic acids is 1. The third kappa shape index (κ3) is 3.39. The van der Waals surface area contributed by atoms with Crippen LogP contribution < -0.4 is 5.32 Å². The summed E-state index contributed by atoms with van der Waals surface area (Å²) in [5.41, 5.74) is 5.08. The van der Waals surface area contributed by atoms with Crippen LogP contribution in [0.4, 0.5) is 5.69 Å². The van der Waals surface area contributed by atoms with E-state index in [4.69, 9.17) is 0 Å². The van der Waals surface area contributed by atoms with Crippen molar-refractivity contribution in [1.29, 1.82) is 0 Å². The Morgan fingerprint density at radius 3 is 2.78 bits per heavy atom. The van der Waals surface area contributed by atoms with E-state index in [-0.39, 0.29) is 23.3 Å². The van der Waals surface area contributed by atoms with Crippen molar-refractivity contribution in [2.24, 2.45) is 0 Å². The molecule has 2 aromatic carbocycles. The van der Waals surface area contributed by atoms with Gasteiger partial charge in [-0.25, -0.2) is 8.42 Å². The van der Waals surface area contributed by atoms with E-state index in [1.807, 2.05) is 0 Å². The third-order valence-corrected chi connectivity index (χ3v) is 7.54. The largest absolute Gasteiger partial charge is 0.326 e. The summed E-state index contributed by atoms with van der Waals surface area (Å²) in [7, 11) is -3.58. The number of nitrogens with one attached hydrogen (secondary N) is 1. The standard InChI is InChI=1S/C21H24N2O3S/c1-14-5-6-15(2)16(10-14)11-18-4-3-9-23(18)27(25,26)19-7-8-20-17(12-19)13-21(24)22-20/h5-8,10,12,18H,3-4,9,11,13H2,1-2H3,(H,22,24). The SMILES string of the molecule is Cc1ccc(C)c(CC2CCCN2S(=O)(=O)c2ccc3c(c2)CC(=O)N3)c1. The van der Waals surface area contributed by atoms with E-state index in [0.29, 0.717) is 12.2 Å². The number of rotatable bonds is 4. The maximum absolute atomic E-state index is 13.3. The number of fused-ring (bicyclic) bond motifs is 1. The highest BCUT2D eigenvalue weighted by molar-refractivity contribution is 7.89. The molecule has 2 heterocycles. The monoisotopic (exact) mass is 384 g/mol. The van der Waals surface area contributed by atoms with Crippen LogP contribution in [-0.4, -0.2) is 31.2 Å². The molecule has 5 nitrogen and oxygen atoms in total. The van der Waals surface area contributed by atoms with Gasteiger partial charge in [0.25, 0.3) is 0 Å². The lowest BCUT2D eigenvalue weighted by molar-refractivity contribution is -0.115. The Labute approximate surface area is 160 Å². The number of nitrogens with zero attached hydrogens (tertiary/aromatic N) is 1. The lowest BCUT2D eigenvalue weighted by Gasteiger charge is -2.25. The first kappa shape index (κ1) is 18.2. The zero-order valence-electron chi connectivity index (χ0n) is 15.7. The van der Waals surface area contributed by atoms with Crippen molar-refractivity contribution in [3.05, 3.63) is 58.7 Å². The maximum Gasteiger partial charge on any atom is 0.243 e. The summed E-state index contributed by atoms with van der Waals surface area (Å²) in [6.07, 6.45) is 2.72. The Hall–Kier alpha value is -2.18. The second-order valence-electron chi connectivity index (χ2n) is 7.59. The van der Waals surface area contributed by atoms with Gasteiger partial charge in [-0.2, -0.15) is 4.31 Å². The topological polar surface area (TPSA) is 66.5 Å². The Bertz CT molecular complexity index is 1010. The number of hydrogen-bond donors (Lipinski definition) is 1. The van der Waals surface area contributed by atoms with E-state index >= 15 is 0 Å². The van der Waals surface area contributed by atoms with Gasteiger partial charge >= 0.3 is 0 Å². The van der Waals surface area contributed by atoms with Crippen LogP contribution in [0, 0.1) is 13.8 Å². The molecule has 27 heavy (non-hydrogen) atoms. The minimum absolute atomic E-state index is 0.0245. The van der Waals surface area contributed by atoms with Gasteiger partial charge in [0.05, 0.1) is 11.3 Å². The molecule has 0 spiro atoms. The highest BCUT2D eigenvalue weighted by atomic mass is 32.2. The molecule has 0 radical (unpaired) electrons. The fourth-order valence-corrected chi connectivity index (χ4v) is 5.85. The van der Waals surface area contributed by atoms with E-state index in [1.165, 1.54) is 16.7 Å². The minimum Gasteiger partial charge on any atom is -0.326 e. The number of amides is 1. The van der Waals surface area contributed by atoms with E-state index in [0.717, 1.165) is 24.8 Å². The second kappa shape index (κ2) is 6.77. The molecule has 0 bridgehead atoms. The minimum atomic E-state index is -3.58. The molecule has 1 fully saturated rings. The molecular formula is C21H24N2O3S. The molecule has 2 aromatic rings. The molecular weight excluding hydrogens is 360 g/mol. The predicted octanol–water partition coefficient (Wildman–Crippen LogP) is 3.19. The molecule has 4 rings (SSSR count). The van der Waals surface area contributed by atoms with Crippen molar-refractivity contribution in [3.8, 4) is 0 Å². The van der Waals surface area contributed by atoms with E-state index in [9.17, 15) is 13.2 Å². The van der Waals surface area contributed by atoms with Crippen molar-refractivity contribution < 1.29 is 13.2 Å². The van der Waals surface area contributed by atoms with Gasteiger partial charge in [-0.1, -0.05) is 23.8 Å². The van der Waals surface area contributed by atoms with Crippen LogP contribution in [0.2, 0.25) is 0 Å². The van der Waals surface area contributed by atoms with Crippen molar-refractivity contribution in [2.75, 3.05) is 11.9 Å². The highest BCUT2D eigenvalue weighted by Gasteiger charge is 2.36. The lowest BCUT2D eigenvalue weighted by Crippen LogP contribution is -2.37. The predicted molar refractivity (Wildman–Crippen MR) is 105 cm³/mol. The molecule has 6 heteroatoms.